The molecule has 69 heavy (non-hydrogen) atoms. The van der Waals surface area contributed by atoms with Crippen LogP contribution in [-0.2, 0) is 80.9 Å². The van der Waals surface area contributed by atoms with E-state index in [1.165, 1.54) is 19.3 Å². The van der Waals surface area contributed by atoms with E-state index in [0.717, 1.165) is 53.4 Å². The fourth-order valence-electron chi connectivity index (χ4n) is 13.0. The second-order valence-corrected chi connectivity index (χ2v) is 19.8. The fraction of sp³-hybridized carbons (Fsp3) is 0.750. The summed E-state index contributed by atoms with van der Waals surface area (Å²) >= 11 is 0. The van der Waals surface area contributed by atoms with Crippen molar-refractivity contribution in [2.24, 2.45) is 22.7 Å². The Bertz CT molecular complexity index is 2190. The number of fused-ring (bicyclic) bond motifs is 5. The summed E-state index contributed by atoms with van der Waals surface area (Å²) in [6.45, 7) is 9.56. The summed E-state index contributed by atoms with van der Waals surface area (Å²) in [5.74, 6) is -5.79. The summed E-state index contributed by atoms with van der Waals surface area (Å²) in [7, 11) is 0. The molecule has 2 aliphatic heterocycles. The van der Waals surface area contributed by atoms with Crippen molar-refractivity contribution in [1.82, 2.24) is 0 Å². The zero-order valence-electron chi connectivity index (χ0n) is 40.1. The smallest absolute Gasteiger partial charge is 0.335 e. The standard InChI is InChI=1S/C48H64O21/c1-23-37(62-24(2)50)39(64-26(4)52)41(66-28(6)54)43(61-23)60-21-35-38(63-25(3)51)40(65-27(5)53)42(67-29(7)55)44(69-35)68-31-9-15-46(22-49)33-10-14-45(8)32(30-13-18-59-36(56)19-30)12-17-48(45,58)34(33)11-16-47(46,57)20-31/h13,18-19,22-23,31-35,37-44,57-58H,9-12,14-17,20-21H2,1-8H3/t23-,31+,32-,33+,34-,35-,37-,38-,39+,40-,41+,42+,43-,44+,45+,46-,47+,48-/m0/s1. The summed E-state index contributed by atoms with van der Waals surface area (Å²) in [5, 5.41) is 25.5. The van der Waals surface area contributed by atoms with Gasteiger partial charge in [-0.1, -0.05) is 6.92 Å². The van der Waals surface area contributed by atoms with E-state index in [1.54, 1.807) is 6.07 Å². The Morgan fingerprint density at radius 2 is 1.23 bits per heavy atom. The van der Waals surface area contributed by atoms with Crippen molar-refractivity contribution in [1.29, 1.82) is 0 Å². The number of rotatable bonds is 13. The SMILES string of the molecule is CC(=O)O[C@@H]1[C@@H](OC(C)=O)[C@H](C)O[C@H](OC[C@@H]2O[C@@H](O[C@@H]3CC[C@]4(C=O)[C@@H]5CC[C@]6(C)[C@H](c7ccoc(=O)c7)CC[C@]6(O)[C@H]5CC[C@@]4(O)C3)[C@H](OC(C)=O)[C@@H](OC(C)=O)[C@H]2OC(C)=O)[C@@H]1OC(C)=O. The average molecular weight is 977 g/mol. The van der Waals surface area contributed by atoms with Crippen LogP contribution >= 0.6 is 0 Å². The van der Waals surface area contributed by atoms with Crippen molar-refractivity contribution in [2.75, 3.05) is 6.61 Å². The molecule has 21 nitrogen and oxygen atoms in total. The Morgan fingerprint density at radius 3 is 1.83 bits per heavy atom. The molecule has 21 heteroatoms. The number of carbonyl (C=O) groups excluding carboxylic acids is 7. The molecule has 4 aliphatic carbocycles. The van der Waals surface area contributed by atoms with Gasteiger partial charge in [0.05, 0.1) is 41.7 Å². The first-order chi connectivity index (χ1) is 32.4. The molecule has 0 unspecified atom stereocenters. The van der Waals surface area contributed by atoms with Crippen LogP contribution in [0, 0.1) is 22.7 Å². The van der Waals surface area contributed by atoms with Crippen molar-refractivity contribution >= 4 is 42.1 Å². The molecule has 2 N–H and O–H groups in total. The van der Waals surface area contributed by atoms with Gasteiger partial charge in [0.15, 0.2) is 49.2 Å². The molecule has 0 spiro atoms. The van der Waals surface area contributed by atoms with Gasteiger partial charge in [0.1, 0.15) is 12.4 Å². The number of hydrogen-bond donors (Lipinski definition) is 2. The lowest BCUT2D eigenvalue weighted by molar-refractivity contribution is -0.341. The number of aliphatic hydroxyl groups is 2. The van der Waals surface area contributed by atoms with Crippen LogP contribution in [0.5, 0.6) is 0 Å². The third kappa shape index (κ3) is 9.96. The highest BCUT2D eigenvalue weighted by Gasteiger charge is 2.71. The first kappa shape index (κ1) is 52.0. The van der Waals surface area contributed by atoms with E-state index in [-0.39, 0.29) is 37.5 Å². The molecular formula is C48H64O21. The highest BCUT2D eigenvalue weighted by atomic mass is 16.8. The Morgan fingerprint density at radius 1 is 0.681 bits per heavy atom. The summed E-state index contributed by atoms with van der Waals surface area (Å²) < 4.78 is 63.7. The number of ether oxygens (including phenoxy) is 10. The van der Waals surface area contributed by atoms with E-state index in [1.807, 2.05) is 6.92 Å². The molecular weight excluding hydrogens is 913 g/mol. The summed E-state index contributed by atoms with van der Waals surface area (Å²) in [6.07, 6.45) is -10.1. The van der Waals surface area contributed by atoms with Gasteiger partial charge in [0.2, 0.25) is 0 Å². The van der Waals surface area contributed by atoms with Gasteiger partial charge in [-0.25, -0.2) is 4.79 Å². The van der Waals surface area contributed by atoms with Gasteiger partial charge in [-0.15, -0.1) is 0 Å². The molecule has 1 aromatic heterocycles. The zero-order chi connectivity index (χ0) is 50.4. The Hall–Kier alpha value is -4.80. The largest absolute Gasteiger partial charge is 0.456 e. The van der Waals surface area contributed by atoms with Crippen molar-refractivity contribution in [3.05, 3.63) is 34.4 Å². The van der Waals surface area contributed by atoms with Crippen LogP contribution in [-0.4, -0.2) is 138 Å². The molecule has 6 aliphatic rings. The maximum absolute atomic E-state index is 13.6. The van der Waals surface area contributed by atoms with Crippen molar-refractivity contribution in [3.8, 4) is 0 Å². The van der Waals surface area contributed by atoms with Crippen LogP contribution in [0.3, 0.4) is 0 Å². The van der Waals surface area contributed by atoms with Gasteiger partial charge >= 0.3 is 41.4 Å². The van der Waals surface area contributed by atoms with Crippen molar-refractivity contribution < 1.29 is 95.6 Å². The highest BCUT2D eigenvalue weighted by Crippen LogP contribution is 2.71. The molecule has 6 fully saturated rings. The number of aldehydes is 1. The Labute approximate surface area is 398 Å². The van der Waals surface area contributed by atoms with E-state index in [2.05, 4.69) is 0 Å². The minimum atomic E-state index is -1.62. The van der Waals surface area contributed by atoms with E-state index in [4.69, 9.17) is 51.8 Å². The lowest BCUT2D eigenvalue weighted by atomic mass is 9.41. The van der Waals surface area contributed by atoms with Crippen LogP contribution in [0.15, 0.2) is 27.6 Å². The lowest BCUT2D eigenvalue weighted by Crippen LogP contribution is -2.69. The third-order valence-corrected chi connectivity index (χ3v) is 15.7. The molecule has 382 valence electrons. The molecule has 0 radical (unpaired) electrons. The Kier molecular flexibility index (Phi) is 15.2. The normalized spacial score (nSPS) is 41.4. The monoisotopic (exact) mass is 976 g/mol. The molecule has 2 saturated heterocycles. The average Bonchev–Trinajstić information content (AvgIpc) is 3.54. The maximum Gasteiger partial charge on any atom is 0.335 e. The van der Waals surface area contributed by atoms with E-state index in [9.17, 15) is 48.6 Å². The summed E-state index contributed by atoms with van der Waals surface area (Å²) in [5.41, 5.74) is -4.38. The molecule has 3 heterocycles. The molecule has 0 amide bonds. The van der Waals surface area contributed by atoms with Gasteiger partial charge in [-0.3, -0.25) is 28.8 Å². The van der Waals surface area contributed by atoms with Crippen LogP contribution < -0.4 is 5.63 Å². The third-order valence-electron chi connectivity index (χ3n) is 15.7. The van der Waals surface area contributed by atoms with Gasteiger partial charge in [-0.05, 0) is 87.7 Å². The second-order valence-electron chi connectivity index (χ2n) is 19.8. The first-order valence-electron chi connectivity index (χ1n) is 23.6. The van der Waals surface area contributed by atoms with Gasteiger partial charge < -0.3 is 66.8 Å². The van der Waals surface area contributed by atoms with Gasteiger partial charge in [0.25, 0.3) is 0 Å². The van der Waals surface area contributed by atoms with Crippen molar-refractivity contribution in [3.63, 3.8) is 0 Å². The second kappa shape index (κ2) is 20.1. The number of hydrogen-bond acceptors (Lipinski definition) is 21. The molecule has 0 bridgehead atoms. The van der Waals surface area contributed by atoms with Gasteiger partial charge in [-0.2, -0.15) is 0 Å². The molecule has 4 saturated carbocycles. The predicted molar refractivity (Wildman–Crippen MR) is 230 cm³/mol. The fourth-order valence-corrected chi connectivity index (χ4v) is 13.0. The maximum atomic E-state index is 13.6. The van der Waals surface area contributed by atoms with E-state index in [0.29, 0.717) is 32.1 Å². The first-order valence-corrected chi connectivity index (χ1v) is 23.6. The van der Waals surface area contributed by atoms with E-state index < -0.39 is 144 Å². The number of esters is 6. The van der Waals surface area contributed by atoms with Crippen molar-refractivity contribution in [2.45, 2.75) is 198 Å². The summed E-state index contributed by atoms with van der Waals surface area (Å²) in [6, 6.07) is 3.24. The molecule has 1 aromatic rings. The number of carbonyl (C=O) groups is 7. The predicted octanol–water partition coefficient (Wildman–Crippen LogP) is 2.64. The molecule has 7 rings (SSSR count). The Balaban J connectivity index is 1.15. The quantitative estimate of drug-likeness (QED) is 0.124. The molecule has 18 atom stereocenters. The van der Waals surface area contributed by atoms with Crippen LogP contribution in [0.25, 0.3) is 0 Å². The summed E-state index contributed by atoms with van der Waals surface area (Å²) in [4.78, 5) is 101. The van der Waals surface area contributed by atoms with Gasteiger partial charge in [0, 0.05) is 59.4 Å². The lowest BCUT2D eigenvalue weighted by Gasteiger charge is -2.65. The minimum absolute atomic E-state index is 0.0780. The van der Waals surface area contributed by atoms with Crippen LogP contribution in [0.1, 0.15) is 125 Å². The van der Waals surface area contributed by atoms with E-state index >= 15 is 0 Å². The highest BCUT2D eigenvalue weighted by molar-refractivity contribution is 5.69. The van der Waals surface area contributed by atoms with Crippen LogP contribution in [0.2, 0.25) is 0 Å². The van der Waals surface area contributed by atoms with Crippen LogP contribution in [0.4, 0.5) is 0 Å². The molecule has 0 aromatic carbocycles. The minimum Gasteiger partial charge on any atom is -0.456 e. The zero-order valence-corrected chi connectivity index (χ0v) is 40.1. The topological polar surface area (TPSA) is 282 Å².